The summed E-state index contributed by atoms with van der Waals surface area (Å²) in [6, 6.07) is 24.4. The maximum Gasteiger partial charge on any atom is 0.191 e. The van der Waals surface area contributed by atoms with E-state index in [0.717, 1.165) is 22.0 Å². The molecule has 0 aliphatic heterocycles. The number of benzene rings is 3. The molecule has 0 saturated carbocycles. The Balaban J connectivity index is 2.01. The molecule has 4 aromatic rings. The summed E-state index contributed by atoms with van der Waals surface area (Å²) in [7, 11) is 0. The molecular weight excluding hydrogens is 296 g/mol. The van der Waals surface area contributed by atoms with Crippen molar-refractivity contribution in [1.29, 1.82) is 5.26 Å². The highest BCUT2D eigenvalue weighted by atomic mass is 15.4. The first-order chi connectivity index (χ1) is 11.8. The van der Waals surface area contributed by atoms with E-state index in [1.165, 1.54) is 5.56 Å². The van der Waals surface area contributed by atoms with Crippen LogP contribution in [0, 0.1) is 18.3 Å². The smallest absolute Gasteiger partial charge is 0.191 e. The van der Waals surface area contributed by atoms with Crippen molar-refractivity contribution in [1.82, 2.24) is 15.0 Å². The first-order valence-corrected chi connectivity index (χ1v) is 7.69. The fourth-order valence-electron chi connectivity index (χ4n) is 2.89. The summed E-state index contributed by atoms with van der Waals surface area (Å²) in [5.41, 5.74) is 4.05. The molecule has 4 heteroatoms. The lowest BCUT2D eigenvalue weighted by Crippen LogP contribution is -2.00. The molecule has 0 amide bonds. The number of aromatic nitrogens is 3. The van der Waals surface area contributed by atoms with Crippen molar-refractivity contribution in [3.63, 3.8) is 0 Å². The average Bonchev–Trinajstić information content (AvgIpc) is 3.05. The third kappa shape index (κ3) is 2.24. The number of fused-ring (bicyclic) bond motifs is 1. The lowest BCUT2D eigenvalue weighted by atomic mass is 10.1. The highest BCUT2D eigenvalue weighted by molar-refractivity contribution is 5.90. The van der Waals surface area contributed by atoms with Gasteiger partial charge in [-0.2, -0.15) is 5.26 Å². The summed E-state index contributed by atoms with van der Waals surface area (Å²) in [4.78, 5) is 0. The van der Waals surface area contributed by atoms with Crippen LogP contribution in [-0.4, -0.2) is 15.0 Å². The Morgan fingerprint density at radius 3 is 2.46 bits per heavy atom. The van der Waals surface area contributed by atoms with E-state index in [2.05, 4.69) is 34.6 Å². The molecule has 4 rings (SSSR count). The number of hydrogen-bond donors (Lipinski definition) is 0. The molecule has 0 atom stereocenters. The predicted octanol–water partition coefficient (Wildman–Crippen LogP) is 4.27. The van der Waals surface area contributed by atoms with E-state index >= 15 is 0 Å². The van der Waals surface area contributed by atoms with E-state index in [9.17, 15) is 5.26 Å². The third-order valence-electron chi connectivity index (χ3n) is 4.10. The number of nitriles is 1. The maximum absolute atomic E-state index is 9.44. The lowest BCUT2D eigenvalue weighted by Gasteiger charge is -2.10. The van der Waals surface area contributed by atoms with E-state index in [0.29, 0.717) is 11.4 Å². The number of hydrogen-bond acceptors (Lipinski definition) is 3. The van der Waals surface area contributed by atoms with E-state index in [1.807, 2.05) is 55.5 Å². The monoisotopic (exact) mass is 310 g/mol. The minimum Gasteiger partial charge on any atom is -0.211 e. The highest BCUT2D eigenvalue weighted by Gasteiger charge is 2.17. The van der Waals surface area contributed by atoms with Crippen LogP contribution in [0.3, 0.4) is 0 Å². The second-order valence-electron chi connectivity index (χ2n) is 5.67. The molecule has 1 aromatic heterocycles. The Morgan fingerprint density at radius 1 is 0.917 bits per heavy atom. The Labute approximate surface area is 139 Å². The standard InChI is InChI=1S/C20H14N4/c1-14-9-11-16(12-10-14)20-18(13-21)22-23-24(20)19-8-4-6-15-5-2-3-7-17(15)19/h2-12H,1H3. The molecule has 0 bridgehead atoms. The van der Waals surface area contributed by atoms with Crippen molar-refractivity contribution in [2.24, 2.45) is 0 Å². The van der Waals surface area contributed by atoms with Crippen LogP contribution in [0.25, 0.3) is 27.7 Å². The van der Waals surface area contributed by atoms with Crippen molar-refractivity contribution in [2.45, 2.75) is 6.92 Å². The van der Waals surface area contributed by atoms with Gasteiger partial charge in [0.15, 0.2) is 5.69 Å². The van der Waals surface area contributed by atoms with E-state index in [-0.39, 0.29) is 0 Å². The minimum atomic E-state index is 0.326. The van der Waals surface area contributed by atoms with Gasteiger partial charge in [0.05, 0.1) is 5.69 Å². The van der Waals surface area contributed by atoms with E-state index in [4.69, 9.17) is 0 Å². The van der Waals surface area contributed by atoms with E-state index < -0.39 is 0 Å². The Bertz CT molecular complexity index is 1060. The topological polar surface area (TPSA) is 54.5 Å². The largest absolute Gasteiger partial charge is 0.211 e. The van der Waals surface area contributed by atoms with Crippen molar-refractivity contribution < 1.29 is 0 Å². The molecule has 0 aliphatic rings. The fourth-order valence-corrected chi connectivity index (χ4v) is 2.89. The SMILES string of the molecule is Cc1ccc(-c2c(C#N)nnn2-c2cccc3ccccc23)cc1. The molecule has 114 valence electrons. The molecule has 3 aromatic carbocycles. The summed E-state index contributed by atoms with van der Waals surface area (Å²) in [5, 5.41) is 20.0. The van der Waals surface area contributed by atoms with Crippen molar-refractivity contribution in [2.75, 3.05) is 0 Å². The Morgan fingerprint density at radius 2 is 1.67 bits per heavy atom. The van der Waals surface area contributed by atoms with Crippen LogP contribution < -0.4 is 0 Å². The first kappa shape index (κ1) is 14.2. The van der Waals surface area contributed by atoms with Crippen LogP contribution in [0.1, 0.15) is 11.3 Å². The van der Waals surface area contributed by atoms with Gasteiger partial charge in [-0.3, -0.25) is 0 Å². The maximum atomic E-state index is 9.44. The van der Waals surface area contributed by atoms with Gasteiger partial charge in [-0.25, -0.2) is 4.68 Å². The zero-order valence-electron chi connectivity index (χ0n) is 13.1. The van der Waals surface area contributed by atoms with Crippen LogP contribution in [0.15, 0.2) is 66.7 Å². The Kier molecular flexibility index (Phi) is 3.33. The van der Waals surface area contributed by atoms with Gasteiger partial charge in [0.25, 0.3) is 0 Å². The highest BCUT2D eigenvalue weighted by Crippen LogP contribution is 2.29. The lowest BCUT2D eigenvalue weighted by molar-refractivity contribution is 0.811. The Hall–Kier alpha value is -3.45. The molecular formula is C20H14N4. The first-order valence-electron chi connectivity index (χ1n) is 7.69. The van der Waals surface area contributed by atoms with E-state index in [1.54, 1.807) is 4.68 Å². The molecule has 0 spiro atoms. The van der Waals surface area contributed by atoms with Crippen molar-refractivity contribution in [3.05, 3.63) is 78.0 Å². The molecule has 0 aliphatic carbocycles. The summed E-state index contributed by atoms with van der Waals surface area (Å²) in [6.45, 7) is 2.04. The summed E-state index contributed by atoms with van der Waals surface area (Å²) >= 11 is 0. The third-order valence-corrected chi connectivity index (χ3v) is 4.10. The predicted molar refractivity (Wildman–Crippen MR) is 93.8 cm³/mol. The zero-order valence-corrected chi connectivity index (χ0v) is 13.1. The molecule has 24 heavy (non-hydrogen) atoms. The molecule has 0 N–H and O–H groups in total. The molecule has 0 fully saturated rings. The van der Waals surface area contributed by atoms with Gasteiger partial charge in [0, 0.05) is 10.9 Å². The second-order valence-corrected chi connectivity index (χ2v) is 5.67. The fraction of sp³-hybridized carbons (Fsp3) is 0.0500. The van der Waals surface area contributed by atoms with Crippen LogP contribution in [0.4, 0.5) is 0 Å². The molecule has 4 nitrogen and oxygen atoms in total. The second kappa shape index (κ2) is 5.64. The van der Waals surface area contributed by atoms with Crippen LogP contribution in [0.5, 0.6) is 0 Å². The van der Waals surface area contributed by atoms with Gasteiger partial charge in [-0.05, 0) is 18.4 Å². The number of rotatable bonds is 2. The molecule has 0 radical (unpaired) electrons. The number of nitrogens with zero attached hydrogens (tertiary/aromatic N) is 4. The zero-order chi connectivity index (χ0) is 16.5. The number of aryl methyl sites for hydroxylation is 1. The van der Waals surface area contributed by atoms with Gasteiger partial charge in [0.1, 0.15) is 11.8 Å². The molecule has 1 heterocycles. The van der Waals surface area contributed by atoms with Gasteiger partial charge < -0.3 is 0 Å². The van der Waals surface area contributed by atoms with Gasteiger partial charge >= 0.3 is 0 Å². The van der Waals surface area contributed by atoms with Crippen molar-refractivity contribution in [3.8, 4) is 23.0 Å². The molecule has 0 unspecified atom stereocenters. The van der Waals surface area contributed by atoms with Crippen LogP contribution in [0.2, 0.25) is 0 Å². The van der Waals surface area contributed by atoms with Crippen LogP contribution in [-0.2, 0) is 0 Å². The van der Waals surface area contributed by atoms with Gasteiger partial charge in [0.2, 0.25) is 0 Å². The quantitative estimate of drug-likeness (QED) is 0.555. The van der Waals surface area contributed by atoms with Crippen molar-refractivity contribution >= 4 is 10.8 Å². The summed E-state index contributed by atoms with van der Waals surface area (Å²) in [6.07, 6.45) is 0. The summed E-state index contributed by atoms with van der Waals surface area (Å²) in [5.74, 6) is 0. The van der Waals surface area contributed by atoms with Crippen LogP contribution >= 0.6 is 0 Å². The molecule has 0 saturated heterocycles. The normalized spacial score (nSPS) is 10.7. The van der Waals surface area contributed by atoms with Gasteiger partial charge in [-0.1, -0.05) is 71.4 Å². The minimum absolute atomic E-state index is 0.326. The summed E-state index contributed by atoms with van der Waals surface area (Å²) < 4.78 is 1.76. The average molecular weight is 310 g/mol. The van der Waals surface area contributed by atoms with Gasteiger partial charge in [-0.15, -0.1) is 5.10 Å².